The van der Waals surface area contributed by atoms with Crippen molar-refractivity contribution in [3.63, 3.8) is 0 Å². The van der Waals surface area contributed by atoms with Crippen LogP contribution in [0, 0.1) is 0 Å². The summed E-state index contributed by atoms with van der Waals surface area (Å²) in [6, 6.07) is 11.7. The highest BCUT2D eigenvalue weighted by atomic mass is 32.2. The summed E-state index contributed by atoms with van der Waals surface area (Å²) >= 11 is 1.02. The molecule has 31 heavy (non-hydrogen) atoms. The van der Waals surface area contributed by atoms with Gasteiger partial charge in [-0.3, -0.25) is 4.79 Å². The van der Waals surface area contributed by atoms with Crippen LogP contribution in [-0.4, -0.2) is 33.6 Å². The topological polar surface area (TPSA) is 107 Å². The Kier molecular flexibility index (Phi) is 6.90. The molecule has 3 aromatic rings. The number of carbonyl (C=O) groups excluding carboxylic acids is 1. The molecular formula is C19H19F3N6O2S. The zero-order valence-electron chi connectivity index (χ0n) is 16.3. The van der Waals surface area contributed by atoms with Gasteiger partial charge in [-0.05, 0) is 42.5 Å². The van der Waals surface area contributed by atoms with Crippen molar-refractivity contribution in [2.75, 3.05) is 29.3 Å². The number of benzene rings is 2. The van der Waals surface area contributed by atoms with Gasteiger partial charge >= 0.3 is 6.18 Å². The summed E-state index contributed by atoms with van der Waals surface area (Å²) < 4.78 is 44.6. The molecule has 0 aliphatic rings. The number of carbonyl (C=O) groups is 1. The monoisotopic (exact) mass is 452 g/mol. The van der Waals surface area contributed by atoms with E-state index in [9.17, 15) is 18.0 Å². The molecule has 164 valence electrons. The molecule has 3 rings (SSSR count). The first kappa shape index (κ1) is 22.3. The standard InChI is InChI=1S/C19H19F3N6O2S/c1-30-15-7-5-13(6-8-15)24-10-16-26-27-18(28(16)23)31-11-17(29)25-14-4-2-3-12(9-14)19(20,21)22/h2-9,24H,10-11,23H2,1H3,(H,25,29). The van der Waals surface area contributed by atoms with Crippen LogP contribution in [0.4, 0.5) is 24.5 Å². The number of ether oxygens (including phenoxy) is 1. The van der Waals surface area contributed by atoms with Crippen molar-refractivity contribution in [2.45, 2.75) is 17.9 Å². The molecule has 8 nitrogen and oxygen atoms in total. The molecule has 0 spiro atoms. The Balaban J connectivity index is 1.53. The second kappa shape index (κ2) is 9.60. The van der Waals surface area contributed by atoms with Crippen LogP contribution in [0.25, 0.3) is 0 Å². The lowest BCUT2D eigenvalue weighted by atomic mass is 10.2. The number of hydrogen-bond acceptors (Lipinski definition) is 7. The second-order valence-electron chi connectivity index (χ2n) is 6.27. The number of thioether (sulfide) groups is 1. The molecule has 0 fully saturated rings. The van der Waals surface area contributed by atoms with Gasteiger partial charge in [0.25, 0.3) is 0 Å². The number of nitrogens with two attached hydrogens (primary N) is 1. The summed E-state index contributed by atoms with van der Waals surface area (Å²) in [6.45, 7) is 0.298. The molecule has 1 heterocycles. The first-order chi connectivity index (χ1) is 14.8. The van der Waals surface area contributed by atoms with Crippen LogP contribution in [0.5, 0.6) is 5.75 Å². The van der Waals surface area contributed by atoms with E-state index in [2.05, 4.69) is 20.8 Å². The number of alkyl halides is 3. The molecule has 4 N–H and O–H groups in total. The molecule has 0 bridgehead atoms. The first-order valence-corrected chi connectivity index (χ1v) is 9.92. The van der Waals surface area contributed by atoms with Gasteiger partial charge in [0.05, 0.1) is 25.0 Å². The van der Waals surface area contributed by atoms with E-state index in [1.54, 1.807) is 19.2 Å². The molecule has 0 atom stereocenters. The number of aromatic nitrogens is 3. The van der Waals surface area contributed by atoms with Gasteiger partial charge in [0.15, 0.2) is 5.82 Å². The quantitative estimate of drug-likeness (QED) is 0.355. The van der Waals surface area contributed by atoms with Gasteiger partial charge in [-0.1, -0.05) is 17.8 Å². The molecule has 0 saturated carbocycles. The molecule has 2 aromatic carbocycles. The molecule has 1 amide bonds. The summed E-state index contributed by atoms with van der Waals surface area (Å²) in [6.07, 6.45) is -4.48. The molecular weight excluding hydrogens is 433 g/mol. The zero-order chi connectivity index (χ0) is 22.4. The van der Waals surface area contributed by atoms with Crippen molar-refractivity contribution in [3.8, 4) is 5.75 Å². The van der Waals surface area contributed by atoms with Crippen molar-refractivity contribution < 1.29 is 22.7 Å². The maximum Gasteiger partial charge on any atom is 0.416 e. The fraction of sp³-hybridized carbons (Fsp3) is 0.211. The Morgan fingerprint density at radius 2 is 1.90 bits per heavy atom. The molecule has 0 radical (unpaired) electrons. The van der Waals surface area contributed by atoms with E-state index in [1.165, 1.54) is 16.8 Å². The number of hydrogen-bond donors (Lipinski definition) is 3. The van der Waals surface area contributed by atoms with E-state index in [4.69, 9.17) is 10.6 Å². The number of methoxy groups -OCH3 is 1. The first-order valence-electron chi connectivity index (χ1n) is 8.93. The van der Waals surface area contributed by atoms with E-state index in [-0.39, 0.29) is 11.4 Å². The van der Waals surface area contributed by atoms with Gasteiger partial charge in [-0.2, -0.15) is 13.2 Å². The van der Waals surface area contributed by atoms with Crippen molar-refractivity contribution >= 4 is 29.0 Å². The molecule has 0 aliphatic heterocycles. The third-order valence-corrected chi connectivity index (χ3v) is 5.02. The largest absolute Gasteiger partial charge is 0.497 e. The number of nitrogens with zero attached hydrogens (tertiary/aromatic N) is 3. The molecule has 0 saturated heterocycles. The molecule has 0 aliphatic carbocycles. The summed E-state index contributed by atoms with van der Waals surface area (Å²) in [5, 5.41) is 13.8. The predicted molar refractivity (Wildman–Crippen MR) is 111 cm³/mol. The van der Waals surface area contributed by atoms with Crippen molar-refractivity contribution in [1.82, 2.24) is 14.9 Å². The lowest BCUT2D eigenvalue weighted by Crippen LogP contribution is -2.18. The number of amides is 1. The number of nitrogens with one attached hydrogen (secondary N) is 2. The van der Waals surface area contributed by atoms with E-state index in [0.717, 1.165) is 35.3 Å². The number of halogens is 3. The minimum atomic E-state index is -4.48. The predicted octanol–water partition coefficient (Wildman–Crippen LogP) is 3.36. The highest BCUT2D eigenvalue weighted by Gasteiger charge is 2.30. The van der Waals surface area contributed by atoms with E-state index in [1.807, 2.05) is 12.1 Å². The minimum Gasteiger partial charge on any atom is -0.497 e. The van der Waals surface area contributed by atoms with Gasteiger partial charge < -0.3 is 21.2 Å². The number of rotatable bonds is 8. The fourth-order valence-corrected chi connectivity index (χ4v) is 3.19. The average Bonchev–Trinajstić information content (AvgIpc) is 3.10. The van der Waals surface area contributed by atoms with Crippen LogP contribution in [0.1, 0.15) is 11.4 Å². The van der Waals surface area contributed by atoms with Crippen LogP contribution >= 0.6 is 11.8 Å². The van der Waals surface area contributed by atoms with Crippen LogP contribution in [0.3, 0.4) is 0 Å². The van der Waals surface area contributed by atoms with Gasteiger partial charge in [0, 0.05) is 11.4 Å². The van der Waals surface area contributed by atoms with Crippen molar-refractivity contribution in [3.05, 3.63) is 59.9 Å². The summed E-state index contributed by atoms with van der Waals surface area (Å²) in [4.78, 5) is 12.1. The third kappa shape index (κ3) is 6.04. The Bertz CT molecular complexity index is 1040. The van der Waals surface area contributed by atoms with Crippen molar-refractivity contribution in [1.29, 1.82) is 0 Å². The van der Waals surface area contributed by atoms with E-state index < -0.39 is 17.6 Å². The van der Waals surface area contributed by atoms with Gasteiger partial charge in [0.1, 0.15) is 5.75 Å². The van der Waals surface area contributed by atoms with Gasteiger partial charge in [0.2, 0.25) is 11.1 Å². The maximum atomic E-state index is 12.8. The van der Waals surface area contributed by atoms with Gasteiger partial charge in [-0.25, -0.2) is 4.68 Å². The molecule has 0 unspecified atom stereocenters. The van der Waals surface area contributed by atoms with Crippen LogP contribution in [-0.2, 0) is 17.5 Å². The van der Waals surface area contributed by atoms with E-state index >= 15 is 0 Å². The Morgan fingerprint density at radius 1 is 1.16 bits per heavy atom. The third-order valence-electron chi connectivity index (χ3n) is 4.08. The van der Waals surface area contributed by atoms with Crippen LogP contribution < -0.4 is 21.2 Å². The van der Waals surface area contributed by atoms with Crippen LogP contribution in [0.2, 0.25) is 0 Å². The highest BCUT2D eigenvalue weighted by molar-refractivity contribution is 7.99. The summed E-state index contributed by atoms with van der Waals surface area (Å²) in [5.41, 5.74) is 0.0474. The van der Waals surface area contributed by atoms with E-state index in [0.29, 0.717) is 17.5 Å². The SMILES string of the molecule is COc1ccc(NCc2nnc(SCC(=O)Nc3cccc(C(F)(F)F)c3)n2N)cc1. The maximum absolute atomic E-state index is 12.8. The molecule has 12 heteroatoms. The number of anilines is 2. The van der Waals surface area contributed by atoms with Crippen molar-refractivity contribution in [2.24, 2.45) is 0 Å². The zero-order valence-corrected chi connectivity index (χ0v) is 17.1. The second-order valence-corrected chi connectivity index (χ2v) is 7.21. The molecule has 1 aromatic heterocycles. The fourth-order valence-electron chi connectivity index (χ4n) is 2.52. The Labute approximate surface area is 180 Å². The lowest BCUT2D eigenvalue weighted by molar-refractivity contribution is -0.137. The summed E-state index contributed by atoms with van der Waals surface area (Å²) in [5.74, 6) is 6.55. The van der Waals surface area contributed by atoms with Gasteiger partial charge in [-0.15, -0.1) is 10.2 Å². The highest BCUT2D eigenvalue weighted by Crippen LogP contribution is 2.30. The normalized spacial score (nSPS) is 11.2. The smallest absolute Gasteiger partial charge is 0.416 e. The Morgan fingerprint density at radius 3 is 2.58 bits per heavy atom. The van der Waals surface area contributed by atoms with Crippen LogP contribution in [0.15, 0.2) is 53.7 Å². The lowest BCUT2D eigenvalue weighted by Gasteiger charge is -2.10. The Hall–Kier alpha value is -3.41. The number of nitrogen functional groups attached to an aromatic ring is 1. The summed E-state index contributed by atoms with van der Waals surface area (Å²) in [7, 11) is 1.58. The minimum absolute atomic E-state index is 0.0546. The average molecular weight is 452 g/mol.